The van der Waals surface area contributed by atoms with Crippen molar-refractivity contribution in [2.75, 3.05) is 20.6 Å². The first-order valence-corrected chi connectivity index (χ1v) is 7.75. The summed E-state index contributed by atoms with van der Waals surface area (Å²) >= 11 is 0. The van der Waals surface area contributed by atoms with Crippen molar-refractivity contribution in [2.45, 2.75) is 13.0 Å². The van der Waals surface area contributed by atoms with E-state index in [4.69, 9.17) is 4.74 Å². The van der Waals surface area contributed by atoms with Crippen molar-refractivity contribution in [2.24, 2.45) is 0 Å². The Labute approximate surface area is 135 Å². The van der Waals surface area contributed by atoms with E-state index in [0.717, 1.165) is 35.0 Å². The van der Waals surface area contributed by atoms with E-state index >= 15 is 0 Å². The molecule has 0 spiro atoms. The molecule has 3 nitrogen and oxygen atoms in total. The number of H-pyrrole nitrogens is 1. The molecule has 0 atom stereocenters. The molecule has 0 saturated heterocycles. The van der Waals surface area contributed by atoms with Gasteiger partial charge in [-0.1, -0.05) is 30.3 Å². The minimum Gasteiger partial charge on any atom is -0.485 e. The fourth-order valence-electron chi connectivity index (χ4n) is 2.65. The number of fused-ring (bicyclic) bond motifs is 1. The van der Waals surface area contributed by atoms with E-state index in [1.54, 1.807) is 6.07 Å². The average Bonchev–Trinajstić information content (AvgIpc) is 2.96. The average molecular weight is 312 g/mol. The smallest absolute Gasteiger partial charge is 0.165 e. The SMILES string of the molecule is CN(C)CCc1c[nH]c2ccc(F)c(OCc3ccccc3)c12. The molecule has 3 rings (SSSR count). The van der Waals surface area contributed by atoms with Gasteiger partial charge in [0.1, 0.15) is 6.61 Å². The van der Waals surface area contributed by atoms with Crippen LogP contribution in [0.15, 0.2) is 48.7 Å². The lowest BCUT2D eigenvalue weighted by Crippen LogP contribution is -2.15. The van der Waals surface area contributed by atoms with Crippen LogP contribution in [0.3, 0.4) is 0 Å². The van der Waals surface area contributed by atoms with E-state index in [1.807, 2.05) is 50.6 Å². The van der Waals surface area contributed by atoms with Gasteiger partial charge in [-0.15, -0.1) is 0 Å². The van der Waals surface area contributed by atoms with E-state index in [9.17, 15) is 4.39 Å². The highest BCUT2D eigenvalue weighted by Gasteiger charge is 2.15. The molecule has 4 heteroatoms. The maximum Gasteiger partial charge on any atom is 0.165 e. The summed E-state index contributed by atoms with van der Waals surface area (Å²) in [4.78, 5) is 5.33. The molecule has 1 aromatic heterocycles. The normalized spacial score (nSPS) is 11.3. The number of likely N-dealkylation sites (N-methyl/N-ethyl adjacent to an activating group) is 1. The van der Waals surface area contributed by atoms with Crippen LogP contribution in [0.1, 0.15) is 11.1 Å². The van der Waals surface area contributed by atoms with Crippen molar-refractivity contribution in [3.63, 3.8) is 0 Å². The number of aromatic amines is 1. The van der Waals surface area contributed by atoms with Crippen LogP contribution < -0.4 is 4.74 Å². The quantitative estimate of drug-likeness (QED) is 0.745. The lowest BCUT2D eigenvalue weighted by Gasteiger charge is -2.12. The fourth-order valence-corrected chi connectivity index (χ4v) is 2.65. The Morgan fingerprint density at radius 3 is 2.61 bits per heavy atom. The number of benzene rings is 2. The topological polar surface area (TPSA) is 28.3 Å². The van der Waals surface area contributed by atoms with Gasteiger partial charge in [0.25, 0.3) is 0 Å². The van der Waals surface area contributed by atoms with E-state index in [-0.39, 0.29) is 5.82 Å². The Morgan fingerprint density at radius 1 is 1.09 bits per heavy atom. The molecule has 0 saturated carbocycles. The summed E-state index contributed by atoms with van der Waals surface area (Å²) < 4.78 is 20.2. The molecule has 2 aromatic carbocycles. The molecule has 120 valence electrons. The van der Waals surface area contributed by atoms with E-state index in [0.29, 0.717) is 12.4 Å². The number of rotatable bonds is 6. The molecule has 0 radical (unpaired) electrons. The molecular formula is C19H21FN2O. The molecule has 0 aliphatic carbocycles. The summed E-state index contributed by atoms with van der Waals surface area (Å²) in [6.45, 7) is 1.26. The van der Waals surface area contributed by atoms with Crippen LogP contribution in [-0.2, 0) is 13.0 Å². The molecule has 3 aromatic rings. The molecule has 0 bridgehead atoms. The summed E-state index contributed by atoms with van der Waals surface area (Å²) in [5, 5.41) is 0.850. The highest BCUT2D eigenvalue weighted by atomic mass is 19.1. The zero-order valence-corrected chi connectivity index (χ0v) is 13.5. The number of ether oxygens (including phenoxy) is 1. The number of hydrogen-bond donors (Lipinski definition) is 1. The predicted molar refractivity (Wildman–Crippen MR) is 91.3 cm³/mol. The van der Waals surface area contributed by atoms with Crippen molar-refractivity contribution < 1.29 is 9.13 Å². The highest BCUT2D eigenvalue weighted by Crippen LogP contribution is 2.32. The van der Waals surface area contributed by atoms with Crippen LogP contribution in [-0.4, -0.2) is 30.5 Å². The molecule has 0 aliphatic heterocycles. The van der Waals surface area contributed by atoms with Gasteiger partial charge in [0.05, 0.1) is 0 Å². The third-order valence-electron chi connectivity index (χ3n) is 3.89. The van der Waals surface area contributed by atoms with Gasteiger partial charge in [-0.3, -0.25) is 0 Å². The second-order valence-corrected chi connectivity index (χ2v) is 5.94. The third-order valence-corrected chi connectivity index (χ3v) is 3.89. The third kappa shape index (κ3) is 3.54. The monoisotopic (exact) mass is 312 g/mol. The van der Waals surface area contributed by atoms with Gasteiger partial charge in [-0.05, 0) is 43.8 Å². The maximum absolute atomic E-state index is 14.3. The Hall–Kier alpha value is -2.33. The van der Waals surface area contributed by atoms with Crippen LogP contribution in [0, 0.1) is 5.82 Å². The van der Waals surface area contributed by atoms with Crippen LogP contribution in [0.2, 0.25) is 0 Å². The van der Waals surface area contributed by atoms with Gasteiger partial charge in [-0.2, -0.15) is 0 Å². The predicted octanol–water partition coefficient (Wildman–Crippen LogP) is 3.99. The number of halogens is 1. The van der Waals surface area contributed by atoms with Gasteiger partial charge < -0.3 is 14.6 Å². The van der Waals surface area contributed by atoms with Gasteiger partial charge in [0.2, 0.25) is 0 Å². The minimum absolute atomic E-state index is 0.320. The Balaban J connectivity index is 1.91. The van der Waals surface area contributed by atoms with Crippen molar-refractivity contribution >= 4 is 10.9 Å². The first-order chi connectivity index (χ1) is 11.1. The summed E-state index contributed by atoms with van der Waals surface area (Å²) in [5.41, 5.74) is 3.01. The van der Waals surface area contributed by atoms with Crippen molar-refractivity contribution in [1.29, 1.82) is 0 Å². The lowest BCUT2D eigenvalue weighted by molar-refractivity contribution is 0.294. The lowest BCUT2D eigenvalue weighted by atomic mass is 10.1. The summed E-state index contributed by atoms with van der Waals surface area (Å²) in [7, 11) is 4.06. The van der Waals surface area contributed by atoms with Crippen LogP contribution >= 0.6 is 0 Å². The molecule has 0 fully saturated rings. The van der Waals surface area contributed by atoms with Crippen molar-refractivity contribution in [3.8, 4) is 5.75 Å². The first kappa shape index (κ1) is 15.6. The molecule has 0 unspecified atom stereocenters. The maximum atomic E-state index is 14.3. The van der Waals surface area contributed by atoms with Crippen molar-refractivity contribution in [1.82, 2.24) is 9.88 Å². The van der Waals surface area contributed by atoms with Gasteiger partial charge in [-0.25, -0.2) is 4.39 Å². The van der Waals surface area contributed by atoms with Crippen LogP contribution in [0.25, 0.3) is 10.9 Å². The summed E-state index contributed by atoms with van der Waals surface area (Å²) in [6, 6.07) is 13.0. The van der Waals surface area contributed by atoms with Crippen molar-refractivity contribution in [3.05, 3.63) is 65.6 Å². The second kappa shape index (κ2) is 6.84. The minimum atomic E-state index is -0.320. The standard InChI is InChI=1S/C19H21FN2O/c1-22(2)11-10-15-12-21-17-9-8-16(20)19(18(15)17)23-13-14-6-4-3-5-7-14/h3-9,12,21H,10-11,13H2,1-2H3. The molecule has 0 aliphatic rings. The van der Waals surface area contributed by atoms with Crippen LogP contribution in [0.5, 0.6) is 5.75 Å². The van der Waals surface area contributed by atoms with Gasteiger partial charge in [0.15, 0.2) is 11.6 Å². The molecular weight excluding hydrogens is 291 g/mol. The Morgan fingerprint density at radius 2 is 1.87 bits per heavy atom. The fraction of sp³-hybridized carbons (Fsp3) is 0.263. The molecule has 1 N–H and O–H groups in total. The molecule has 23 heavy (non-hydrogen) atoms. The number of hydrogen-bond acceptors (Lipinski definition) is 2. The van der Waals surface area contributed by atoms with Crippen LogP contribution in [0.4, 0.5) is 4.39 Å². The van der Waals surface area contributed by atoms with Gasteiger partial charge in [0, 0.05) is 23.6 Å². The Bertz CT molecular complexity index is 781. The van der Waals surface area contributed by atoms with E-state index < -0.39 is 0 Å². The first-order valence-electron chi connectivity index (χ1n) is 7.75. The second-order valence-electron chi connectivity index (χ2n) is 5.94. The number of nitrogens with zero attached hydrogens (tertiary/aromatic N) is 1. The number of aromatic nitrogens is 1. The van der Waals surface area contributed by atoms with Gasteiger partial charge >= 0.3 is 0 Å². The zero-order chi connectivity index (χ0) is 16.2. The summed E-state index contributed by atoms with van der Waals surface area (Å²) in [6.07, 6.45) is 2.79. The highest BCUT2D eigenvalue weighted by molar-refractivity contribution is 5.89. The van der Waals surface area contributed by atoms with E-state index in [2.05, 4.69) is 9.88 Å². The zero-order valence-electron chi connectivity index (χ0n) is 13.5. The van der Waals surface area contributed by atoms with E-state index in [1.165, 1.54) is 6.07 Å². The number of nitrogens with one attached hydrogen (secondary N) is 1. The Kier molecular flexibility index (Phi) is 4.63. The molecule has 1 heterocycles. The molecule has 0 amide bonds. The largest absolute Gasteiger partial charge is 0.485 e. The summed E-state index contributed by atoms with van der Waals surface area (Å²) in [5.74, 6) is 0.0143.